The van der Waals surface area contributed by atoms with Crippen molar-refractivity contribution in [3.8, 4) is 0 Å². The minimum atomic E-state index is -1.15. The molecule has 0 radical (unpaired) electrons. The fraction of sp³-hybridized carbons (Fsp3) is 0.905. The Morgan fingerprint density at radius 2 is 1.73 bits per heavy atom. The summed E-state index contributed by atoms with van der Waals surface area (Å²) in [6, 6.07) is 0. The smallest absolute Gasteiger partial charge is 0.351 e. The SMILES string of the molecule is CC12CCC(C(=O)OC[C@@]3(C)O[C@]3(C)C3CCCCC3)(OC1=O)C2(C)C. The van der Waals surface area contributed by atoms with E-state index in [2.05, 4.69) is 6.92 Å². The van der Waals surface area contributed by atoms with E-state index in [9.17, 15) is 9.59 Å². The Bertz CT molecular complexity index is 651. The minimum Gasteiger partial charge on any atom is -0.460 e. The summed E-state index contributed by atoms with van der Waals surface area (Å²) in [7, 11) is 0. The summed E-state index contributed by atoms with van der Waals surface area (Å²) in [6.07, 6.45) is 7.40. The molecule has 4 aliphatic rings. The molecule has 0 aromatic heterocycles. The molecule has 2 heterocycles. The largest absolute Gasteiger partial charge is 0.460 e. The number of hydrogen-bond acceptors (Lipinski definition) is 5. The van der Waals surface area contributed by atoms with E-state index in [1.165, 1.54) is 32.1 Å². The zero-order valence-corrected chi connectivity index (χ0v) is 16.8. The van der Waals surface area contributed by atoms with Crippen molar-refractivity contribution >= 4 is 11.9 Å². The molecule has 4 rings (SSSR count). The highest BCUT2D eigenvalue weighted by molar-refractivity contribution is 5.93. The normalized spacial score (nSPS) is 46.9. The molecular weight excluding hydrogens is 332 g/mol. The van der Waals surface area contributed by atoms with Crippen molar-refractivity contribution in [1.29, 1.82) is 0 Å². The van der Waals surface area contributed by atoms with Gasteiger partial charge in [0.2, 0.25) is 5.60 Å². The molecule has 0 N–H and O–H groups in total. The highest BCUT2D eigenvalue weighted by atomic mass is 16.7. The number of epoxide rings is 1. The van der Waals surface area contributed by atoms with Gasteiger partial charge in [-0.2, -0.15) is 0 Å². The fourth-order valence-corrected chi connectivity index (χ4v) is 5.81. The van der Waals surface area contributed by atoms with Crippen molar-refractivity contribution in [2.75, 3.05) is 6.61 Å². The van der Waals surface area contributed by atoms with E-state index in [0.29, 0.717) is 18.8 Å². The predicted octanol–water partition coefficient (Wildman–Crippen LogP) is 3.78. The van der Waals surface area contributed by atoms with Gasteiger partial charge in [0.1, 0.15) is 17.8 Å². The van der Waals surface area contributed by atoms with Gasteiger partial charge in [-0.05, 0) is 52.4 Å². The van der Waals surface area contributed by atoms with E-state index in [4.69, 9.17) is 14.2 Å². The van der Waals surface area contributed by atoms with E-state index >= 15 is 0 Å². The summed E-state index contributed by atoms with van der Waals surface area (Å²) in [6.45, 7) is 10.2. The van der Waals surface area contributed by atoms with Crippen LogP contribution in [0, 0.1) is 16.7 Å². The zero-order valence-electron chi connectivity index (χ0n) is 16.8. The number of rotatable bonds is 4. The van der Waals surface area contributed by atoms with Crippen LogP contribution in [-0.4, -0.2) is 35.3 Å². The van der Waals surface area contributed by atoms with Gasteiger partial charge in [-0.3, -0.25) is 4.79 Å². The first-order chi connectivity index (χ1) is 12.0. The summed E-state index contributed by atoms with van der Waals surface area (Å²) in [5, 5.41) is 0. The van der Waals surface area contributed by atoms with Gasteiger partial charge in [-0.15, -0.1) is 0 Å². The summed E-state index contributed by atoms with van der Waals surface area (Å²) < 4.78 is 17.5. The Kier molecular flexibility index (Phi) is 3.68. The number of ether oxygens (including phenoxy) is 3. The maximum atomic E-state index is 13.0. The van der Waals surface area contributed by atoms with Gasteiger partial charge in [0.05, 0.1) is 5.41 Å². The van der Waals surface area contributed by atoms with Crippen LogP contribution in [0.5, 0.6) is 0 Å². The lowest BCUT2D eigenvalue weighted by Crippen LogP contribution is -2.49. The quantitative estimate of drug-likeness (QED) is 0.561. The van der Waals surface area contributed by atoms with Crippen LogP contribution in [0.15, 0.2) is 0 Å². The third-order valence-electron chi connectivity index (χ3n) is 8.72. The summed E-state index contributed by atoms with van der Waals surface area (Å²) in [5.41, 5.74) is -2.96. The molecule has 2 saturated heterocycles. The van der Waals surface area contributed by atoms with Crippen LogP contribution in [0.25, 0.3) is 0 Å². The van der Waals surface area contributed by atoms with Gasteiger partial charge >= 0.3 is 11.9 Å². The molecular formula is C21H32O5. The maximum Gasteiger partial charge on any atom is 0.351 e. The standard InChI is InChI=1S/C21H32O5/c1-17(2)18(3)11-12-21(17,25-15(18)22)16(23)24-13-19(4)20(5,26-19)14-9-7-6-8-10-14/h14H,6-13H2,1-5H3/t18?,19-,20-,21?/m1/s1. The second-order valence-corrected chi connectivity index (χ2v) is 10.0. The van der Waals surface area contributed by atoms with Crippen LogP contribution in [-0.2, 0) is 23.8 Å². The Morgan fingerprint density at radius 3 is 2.27 bits per heavy atom. The average Bonchev–Trinajstić information content (AvgIpc) is 3.06. The summed E-state index contributed by atoms with van der Waals surface area (Å²) in [4.78, 5) is 25.4. The Labute approximate surface area is 156 Å². The second kappa shape index (κ2) is 5.24. The first-order valence-corrected chi connectivity index (χ1v) is 10.1. The Balaban J connectivity index is 1.45. The lowest BCUT2D eigenvalue weighted by Gasteiger charge is -2.34. The molecule has 146 valence electrons. The molecule has 0 spiro atoms. The minimum absolute atomic E-state index is 0.211. The molecule has 2 aliphatic carbocycles. The molecule has 4 atom stereocenters. The van der Waals surface area contributed by atoms with Gasteiger partial charge in [-0.25, -0.2) is 4.79 Å². The Morgan fingerprint density at radius 1 is 1.08 bits per heavy atom. The van der Waals surface area contributed by atoms with Gasteiger partial charge in [0, 0.05) is 5.41 Å². The lowest BCUT2D eigenvalue weighted by molar-refractivity contribution is -0.184. The lowest BCUT2D eigenvalue weighted by atomic mass is 9.66. The van der Waals surface area contributed by atoms with Crippen LogP contribution in [0.3, 0.4) is 0 Å². The molecule has 2 aliphatic heterocycles. The number of hydrogen-bond donors (Lipinski definition) is 0. The van der Waals surface area contributed by atoms with E-state index < -0.39 is 28.0 Å². The monoisotopic (exact) mass is 364 g/mol. The molecule has 4 fully saturated rings. The first kappa shape index (κ1) is 18.3. The molecule has 2 unspecified atom stereocenters. The Hall–Kier alpha value is -1.10. The van der Waals surface area contributed by atoms with Crippen LogP contribution >= 0.6 is 0 Å². The van der Waals surface area contributed by atoms with Gasteiger partial charge in [0.15, 0.2) is 0 Å². The maximum absolute atomic E-state index is 13.0. The molecule has 0 aromatic rings. The highest BCUT2D eigenvalue weighted by Crippen LogP contribution is 2.66. The van der Waals surface area contributed by atoms with Crippen LogP contribution in [0.4, 0.5) is 0 Å². The third kappa shape index (κ3) is 2.01. The highest BCUT2D eigenvalue weighted by Gasteiger charge is 2.77. The van der Waals surface area contributed by atoms with Crippen molar-refractivity contribution < 1.29 is 23.8 Å². The predicted molar refractivity (Wildman–Crippen MR) is 95.4 cm³/mol. The van der Waals surface area contributed by atoms with E-state index in [-0.39, 0.29) is 18.2 Å². The van der Waals surface area contributed by atoms with E-state index in [1.807, 2.05) is 27.7 Å². The fourth-order valence-electron chi connectivity index (χ4n) is 5.81. The van der Waals surface area contributed by atoms with Crippen LogP contribution < -0.4 is 0 Å². The molecule has 5 heteroatoms. The van der Waals surface area contributed by atoms with Crippen LogP contribution in [0.2, 0.25) is 0 Å². The third-order valence-corrected chi connectivity index (χ3v) is 8.72. The molecule has 2 bridgehead atoms. The van der Waals surface area contributed by atoms with E-state index in [1.54, 1.807) is 0 Å². The van der Waals surface area contributed by atoms with Crippen molar-refractivity contribution in [2.45, 2.75) is 96.4 Å². The van der Waals surface area contributed by atoms with Crippen LogP contribution in [0.1, 0.15) is 79.6 Å². The van der Waals surface area contributed by atoms with E-state index in [0.717, 1.165) is 0 Å². The first-order valence-electron chi connectivity index (χ1n) is 10.1. The summed E-state index contributed by atoms with van der Waals surface area (Å²) >= 11 is 0. The second-order valence-electron chi connectivity index (χ2n) is 10.0. The van der Waals surface area contributed by atoms with Crippen molar-refractivity contribution in [2.24, 2.45) is 16.7 Å². The topological polar surface area (TPSA) is 65.1 Å². The number of fused-ring (bicyclic) bond motifs is 2. The average molecular weight is 364 g/mol. The molecule has 0 amide bonds. The van der Waals surface area contributed by atoms with Gasteiger partial charge in [0.25, 0.3) is 0 Å². The molecule has 5 nitrogen and oxygen atoms in total. The van der Waals surface area contributed by atoms with Crippen molar-refractivity contribution in [3.63, 3.8) is 0 Å². The van der Waals surface area contributed by atoms with Gasteiger partial charge < -0.3 is 14.2 Å². The zero-order chi connectivity index (χ0) is 19.0. The van der Waals surface area contributed by atoms with Gasteiger partial charge in [-0.1, -0.05) is 33.1 Å². The molecule has 2 saturated carbocycles. The number of esters is 2. The molecule has 26 heavy (non-hydrogen) atoms. The van der Waals surface area contributed by atoms with Crippen molar-refractivity contribution in [1.82, 2.24) is 0 Å². The summed E-state index contributed by atoms with van der Waals surface area (Å²) in [5.74, 6) is -0.139. The number of carbonyl (C=O) groups excluding carboxylic acids is 2. The molecule has 0 aromatic carbocycles. The van der Waals surface area contributed by atoms with Crippen molar-refractivity contribution in [3.05, 3.63) is 0 Å². The number of carbonyl (C=O) groups is 2.